The summed E-state index contributed by atoms with van der Waals surface area (Å²) >= 11 is 6.03. The van der Waals surface area contributed by atoms with Gasteiger partial charge in [-0.3, -0.25) is 0 Å². The molecule has 0 spiro atoms. The number of pyridine rings is 1. The highest BCUT2D eigenvalue weighted by atomic mass is 35.5. The van der Waals surface area contributed by atoms with Gasteiger partial charge in [0.25, 0.3) is 0 Å². The highest BCUT2D eigenvalue weighted by Crippen LogP contribution is 2.30. The Morgan fingerprint density at radius 1 is 1.14 bits per heavy atom. The van der Waals surface area contributed by atoms with Gasteiger partial charge in [0.2, 0.25) is 5.88 Å². The van der Waals surface area contributed by atoms with Crippen molar-refractivity contribution >= 4 is 22.5 Å². The Morgan fingerprint density at radius 2 is 1.95 bits per heavy atom. The SMILES string of the molecule is Cc1ccc(Cl)cc1Oc1nc2ccccc2cc1CN. The van der Waals surface area contributed by atoms with Crippen LogP contribution in [0, 0.1) is 6.92 Å². The van der Waals surface area contributed by atoms with Crippen LogP contribution in [-0.2, 0) is 6.54 Å². The third-order valence-corrected chi connectivity index (χ3v) is 3.58. The second-order valence-corrected chi connectivity index (χ2v) is 5.30. The molecule has 2 aromatic carbocycles. The van der Waals surface area contributed by atoms with E-state index >= 15 is 0 Å². The zero-order valence-electron chi connectivity index (χ0n) is 11.6. The standard InChI is InChI=1S/C17H15ClN2O/c1-11-6-7-14(18)9-16(11)21-17-13(10-19)8-12-4-2-3-5-15(12)20-17/h2-9H,10,19H2,1H3. The Labute approximate surface area is 128 Å². The second kappa shape index (κ2) is 5.72. The third-order valence-electron chi connectivity index (χ3n) is 3.34. The molecule has 3 nitrogen and oxygen atoms in total. The maximum Gasteiger partial charge on any atom is 0.224 e. The fourth-order valence-electron chi connectivity index (χ4n) is 2.16. The first-order valence-electron chi connectivity index (χ1n) is 6.70. The van der Waals surface area contributed by atoms with E-state index in [2.05, 4.69) is 4.98 Å². The summed E-state index contributed by atoms with van der Waals surface area (Å²) in [6, 6.07) is 15.4. The van der Waals surface area contributed by atoms with Crippen LogP contribution in [0.3, 0.4) is 0 Å². The zero-order valence-corrected chi connectivity index (χ0v) is 12.4. The van der Waals surface area contributed by atoms with Gasteiger partial charge in [0, 0.05) is 22.5 Å². The van der Waals surface area contributed by atoms with Crippen LogP contribution in [0.25, 0.3) is 10.9 Å². The number of fused-ring (bicyclic) bond motifs is 1. The van der Waals surface area contributed by atoms with Crippen LogP contribution in [0.2, 0.25) is 5.02 Å². The highest BCUT2D eigenvalue weighted by molar-refractivity contribution is 6.30. The Morgan fingerprint density at radius 3 is 2.76 bits per heavy atom. The average molecular weight is 299 g/mol. The van der Waals surface area contributed by atoms with E-state index in [0.29, 0.717) is 23.2 Å². The maximum atomic E-state index is 6.03. The molecule has 0 aliphatic heterocycles. The van der Waals surface area contributed by atoms with Crippen molar-refractivity contribution in [1.29, 1.82) is 0 Å². The van der Waals surface area contributed by atoms with Gasteiger partial charge in [0.05, 0.1) is 5.52 Å². The summed E-state index contributed by atoms with van der Waals surface area (Å²) in [4.78, 5) is 4.57. The van der Waals surface area contributed by atoms with E-state index in [1.807, 2.05) is 49.4 Å². The summed E-state index contributed by atoms with van der Waals surface area (Å²) < 4.78 is 5.94. The Kier molecular flexibility index (Phi) is 3.78. The van der Waals surface area contributed by atoms with Crippen LogP contribution in [0.1, 0.15) is 11.1 Å². The summed E-state index contributed by atoms with van der Waals surface area (Å²) in [6.45, 7) is 2.33. The van der Waals surface area contributed by atoms with Gasteiger partial charge in [-0.1, -0.05) is 35.9 Å². The molecule has 0 bridgehead atoms. The molecule has 3 aromatic rings. The molecule has 0 aliphatic rings. The minimum Gasteiger partial charge on any atom is -0.438 e. The lowest BCUT2D eigenvalue weighted by molar-refractivity contribution is 0.455. The number of benzene rings is 2. The summed E-state index contributed by atoms with van der Waals surface area (Å²) in [5, 5.41) is 1.68. The molecule has 2 N–H and O–H groups in total. The molecule has 0 amide bonds. The summed E-state index contributed by atoms with van der Waals surface area (Å²) in [5.74, 6) is 1.22. The number of aryl methyl sites for hydroxylation is 1. The zero-order chi connectivity index (χ0) is 14.8. The molecule has 0 saturated heterocycles. The topological polar surface area (TPSA) is 48.1 Å². The molecular formula is C17H15ClN2O. The number of nitrogens with zero attached hydrogens (tertiary/aromatic N) is 1. The van der Waals surface area contributed by atoms with Crippen molar-refractivity contribution < 1.29 is 4.74 Å². The number of para-hydroxylation sites is 1. The van der Waals surface area contributed by atoms with Crippen molar-refractivity contribution in [2.24, 2.45) is 5.73 Å². The summed E-state index contributed by atoms with van der Waals surface area (Å²) in [6.07, 6.45) is 0. The van der Waals surface area contributed by atoms with Gasteiger partial charge in [0.1, 0.15) is 5.75 Å². The van der Waals surface area contributed by atoms with Crippen LogP contribution >= 0.6 is 11.6 Å². The first kappa shape index (κ1) is 13.9. The van der Waals surface area contributed by atoms with Crippen molar-refractivity contribution in [3.05, 3.63) is 64.7 Å². The smallest absolute Gasteiger partial charge is 0.224 e. The molecule has 0 radical (unpaired) electrons. The van der Waals surface area contributed by atoms with Crippen molar-refractivity contribution in [3.63, 3.8) is 0 Å². The quantitative estimate of drug-likeness (QED) is 0.777. The number of rotatable bonds is 3. The van der Waals surface area contributed by atoms with Gasteiger partial charge in [-0.15, -0.1) is 0 Å². The number of nitrogens with two attached hydrogens (primary N) is 1. The first-order chi connectivity index (χ1) is 10.2. The van der Waals surface area contributed by atoms with Gasteiger partial charge in [0.15, 0.2) is 0 Å². The van der Waals surface area contributed by atoms with Gasteiger partial charge >= 0.3 is 0 Å². The normalized spacial score (nSPS) is 10.8. The van der Waals surface area contributed by atoms with Crippen LogP contribution in [0.4, 0.5) is 0 Å². The average Bonchev–Trinajstić information content (AvgIpc) is 2.50. The number of aromatic nitrogens is 1. The van der Waals surface area contributed by atoms with Crippen molar-refractivity contribution in [1.82, 2.24) is 4.98 Å². The predicted octanol–water partition coefficient (Wildman–Crippen LogP) is 4.45. The van der Waals surface area contributed by atoms with E-state index in [1.165, 1.54) is 0 Å². The number of ether oxygens (including phenoxy) is 1. The minimum absolute atomic E-state index is 0.368. The number of hydrogen-bond donors (Lipinski definition) is 1. The summed E-state index contributed by atoms with van der Waals surface area (Å²) in [7, 11) is 0. The molecule has 1 aromatic heterocycles. The molecule has 0 unspecified atom stereocenters. The second-order valence-electron chi connectivity index (χ2n) is 4.86. The fraction of sp³-hybridized carbons (Fsp3) is 0.118. The van der Waals surface area contributed by atoms with E-state index in [0.717, 1.165) is 22.0 Å². The van der Waals surface area contributed by atoms with Crippen LogP contribution < -0.4 is 10.5 Å². The molecule has 0 saturated carbocycles. The van der Waals surface area contributed by atoms with Crippen molar-refractivity contribution in [2.45, 2.75) is 13.5 Å². The molecule has 106 valence electrons. The van der Waals surface area contributed by atoms with Crippen molar-refractivity contribution in [2.75, 3.05) is 0 Å². The Balaban J connectivity index is 2.08. The van der Waals surface area contributed by atoms with E-state index < -0.39 is 0 Å². The number of hydrogen-bond acceptors (Lipinski definition) is 3. The van der Waals surface area contributed by atoms with Crippen LogP contribution in [-0.4, -0.2) is 4.98 Å². The molecule has 3 rings (SSSR count). The molecule has 21 heavy (non-hydrogen) atoms. The highest BCUT2D eigenvalue weighted by Gasteiger charge is 2.10. The first-order valence-corrected chi connectivity index (χ1v) is 7.08. The number of halogens is 1. The molecular weight excluding hydrogens is 284 g/mol. The van der Waals surface area contributed by atoms with E-state index in [4.69, 9.17) is 22.1 Å². The lowest BCUT2D eigenvalue weighted by atomic mass is 10.1. The third kappa shape index (κ3) is 2.84. The Bertz CT molecular complexity index is 802. The molecule has 4 heteroatoms. The Hall–Kier alpha value is -2.10. The van der Waals surface area contributed by atoms with E-state index in [9.17, 15) is 0 Å². The molecule has 0 aliphatic carbocycles. The molecule has 0 atom stereocenters. The van der Waals surface area contributed by atoms with E-state index in [1.54, 1.807) is 6.07 Å². The van der Waals surface area contributed by atoms with Crippen LogP contribution in [0.5, 0.6) is 11.6 Å². The summed E-state index contributed by atoms with van der Waals surface area (Å²) in [5.41, 5.74) is 8.56. The fourth-order valence-corrected chi connectivity index (χ4v) is 2.33. The van der Waals surface area contributed by atoms with Gasteiger partial charge in [-0.2, -0.15) is 0 Å². The van der Waals surface area contributed by atoms with Crippen molar-refractivity contribution in [3.8, 4) is 11.6 Å². The molecule has 0 fully saturated rings. The maximum absolute atomic E-state index is 6.03. The predicted molar refractivity (Wildman–Crippen MR) is 85.9 cm³/mol. The minimum atomic E-state index is 0.368. The van der Waals surface area contributed by atoms with E-state index in [-0.39, 0.29) is 0 Å². The largest absolute Gasteiger partial charge is 0.438 e. The van der Waals surface area contributed by atoms with Gasteiger partial charge in [-0.25, -0.2) is 4.98 Å². The van der Waals surface area contributed by atoms with Crippen LogP contribution in [0.15, 0.2) is 48.5 Å². The molecule has 1 heterocycles. The van der Waals surface area contributed by atoms with Gasteiger partial charge in [-0.05, 0) is 36.8 Å². The monoisotopic (exact) mass is 298 g/mol. The lowest BCUT2D eigenvalue weighted by Gasteiger charge is -2.12. The van der Waals surface area contributed by atoms with Gasteiger partial charge < -0.3 is 10.5 Å². The lowest BCUT2D eigenvalue weighted by Crippen LogP contribution is -2.02.